The molecule has 3 aromatic rings. The maximum absolute atomic E-state index is 13.2. The molecule has 0 N–H and O–H groups in total. The van der Waals surface area contributed by atoms with E-state index in [0.29, 0.717) is 48.7 Å². The summed E-state index contributed by atoms with van der Waals surface area (Å²) in [5.74, 6) is 1.46. The van der Waals surface area contributed by atoms with E-state index in [4.69, 9.17) is 19.2 Å². The van der Waals surface area contributed by atoms with Crippen molar-refractivity contribution < 1.29 is 19.0 Å². The number of hydrogen-bond donors (Lipinski definition) is 0. The maximum Gasteiger partial charge on any atom is 0.349 e. The first-order valence-corrected chi connectivity index (χ1v) is 11.8. The van der Waals surface area contributed by atoms with E-state index in [9.17, 15) is 9.59 Å². The van der Waals surface area contributed by atoms with E-state index in [2.05, 4.69) is 12.0 Å². The third-order valence-corrected chi connectivity index (χ3v) is 5.44. The van der Waals surface area contributed by atoms with E-state index in [1.54, 1.807) is 61.3 Å². The number of benzene rings is 1. The van der Waals surface area contributed by atoms with Crippen molar-refractivity contribution >= 4 is 17.0 Å². The lowest BCUT2D eigenvalue weighted by Gasteiger charge is -2.24. The zero-order chi connectivity index (χ0) is 24.9. The quantitative estimate of drug-likeness (QED) is 0.396. The van der Waals surface area contributed by atoms with Gasteiger partial charge in [0.1, 0.15) is 29.4 Å². The van der Waals surface area contributed by atoms with Gasteiger partial charge in [0.05, 0.1) is 18.8 Å². The summed E-state index contributed by atoms with van der Waals surface area (Å²) >= 11 is 0. The Balaban J connectivity index is 1.70. The molecule has 0 radical (unpaired) electrons. The Labute approximate surface area is 199 Å². The molecule has 0 bridgehead atoms. The van der Waals surface area contributed by atoms with Gasteiger partial charge in [0.15, 0.2) is 11.1 Å². The summed E-state index contributed by atoms with van der Waals surface area (Å²) in [5, 5.41) is 4.51. The van der Waals surface area contributed by atoms with Gasteiger partial charge in [-0.1, -0.05) is 20.3 Å². The largest absolute Gasteiger partial charge is 0.492 e. The lowest BCUT2D eigenvalue weighted by Crippen LogP contribution is -2.39. The first kappa shape index (κ1) is 25.3. The summed E-state index contributed by atoms with van der Waals surface area (Å²) in [6.45, 7) is 10.1. The fraction of sp³-hybridized carbons (Fsp3) is 0.520. The number of carbonyl (C=O) groups is 1. The van der Waals surface area contributed by atoms with Gasteiger partial charge in [-0.05, 0) is 51.5 Å². The van der Waals surface area contributed by atoms with Crippen LogP contribution in [0.1, 0.15) is 52.6 Å². The minimum atomic E-state index is -1.09. The van der Waals surface area contributed by atoms with Crippen molar-refractivity contribution in [1.82, 2.24) is 19.3 Å². The molecule has 0 spiro atoms. The molecule has 9 nitrogen and oxygen atoms in total. The molecular formula is C25H34N4O5. The fourth-order valence-corrected chi connectivity index (χ4v) is 3.77. The number of aromatic nitrogens is 4. The van der Waals surface area contributed by atoms with E-state index in [-0.39, 0.29) is 5.56 Å². The van der Waals surface area contributed by atoms with Crippen molar-refractivity contribution in [2.75, 3.05) is 13.2 Å². The molecule has 34 heavy (non-hydrogen) atoms. The number of aryl methyl sites for hydroxylation is 3. The highest BCUT2D eigenvalue weighted by atomic mass is 16.6. The van der Waals surface area contributed by atoms with Crippen LogP contribution in [0.4, 0.5) is 0 Å². The monoisotopic (exact) mass is 470 g/mol. The average Bonchev–Trinajstić information content (AvgIpc) is 3.11. The SMILES string of the molecule is CCCc1nn(C)c2c(=O)n(CCOc3ccc(OC(C)(C)C(=O)OCC)cc3)c(CC)nc12. The van der Waals surface area contributed by atoms with Gasteiger partial charge in [0.2, 0.25) is 0 Å². The predicted octanol–water partition coefficient (Wildman–Crippen LogP) is 3.44. The second-order valence-corrected chi connectivity index (χ2v) is 8.51. The van der Waals surface area contributed by atoms with Crippen LogP contribution >= 0.6 is 0 Å². The summed E-state index contributed by atoms with van der Waals surface area (Å²) in [5.41, 5.74) is 0.886. The van der Waals surface area contributed by atoms with Gasteiger partial charge in [-0.15, -0.1) is 0 Å². The Hall–Kier alpha value is -3.36. The highest BCUT2D eigenvalue weighted by Crippen LogP contribution is 2.23. The van der Waals surface area contributed by atoms with Gasteiger partial charge in [-0.25, -0.2) is 9.78 Å². The van der Waals surface area contributed by atoms with Crippen LogP contribution in [-0.2, 0) is 36.0 Å². The first-order valence-electron chi connectivity index (χ1n) is 11.8. The topological polar surface area (TPSA) is 97.5 Å². The summed E-state index contributed by atoms with van der Waals surface area (Å²) in [6.07, 6.45) is 2.36. The zero-order valence-corrected chi connectivity index (χ0v) is 20.9. The zero-order valence-electron chi connectivity index (χ0n) is 20.9. The molecule has 0 amide bonds. The molecule has 0 unspecified atom stereocenters. The third kappa shape index (κ3) is 5.40. The van der Waals surface area contributed by atoms with Gasteiger partial charge >= 0.3 is 5.97 Å². The van der Waals surface area contributed by atoms with Crippen molar-refractivity contribution in [2.24, 2.45) is 7.05 Å². The average molecular weight is 471 g/mol. The van der Waals surface area contributed by atoms with Crippen LogP contribution in [0.3, 0.4) is 0 Å². The summed E-state index contributed by atoms with van der Waals surface area (Å²) in [7, 11) is 1.78. The molecule has 0 saturated heterocycles. The number of hydrogen-bond acceptors (Lipinski definition) is 7. The van der Waals surface area contributed by atoms with Crippen LogP contribution in [0.5, 0.6) is 11.5 Å². The maximum atomic E-state index is 13.2. The van der Waals surface area contributed by atoms with Crippen LogP contribution < -0.4 is 15.0 Å². The molecule has 3 rings (SSSR count). The van der Waals surface area contributed by atoms with Crippen molar-refractivity contribution in [1.29, 1.82) is 0 Å². The van der Waals surface area contributed by atoms with Gasteiger partial charge in [0, 0.05) is 13.5 Å². The Kier molecular flexibility index (Phi) is 7.96. The Morgan fingerprint density at radius 2 is 1.76 bits per heavy atom. The Morgan fingerprint density at radius 3 is 2.38 bits per heavy atom. The number of fused-ring (bicyclic) bond motifs is 1. The van der Waals surface area contributed by atoms with Crippen molar-refractivity contribution in [3.8, 4) is 11.5 Å². The van der Waals surface area contributed by atoms with Crippen molar-refractivity contribution in [3.05, 3.63) is 46.1 Å². The van der Waals surface area contributed by atoms with E-state index in [1.807, 2.05) is 6.92 Å². The lowest BCUT2D eigenvalue weighted by molar-refractivity contribution is -0.158. The smallest absolute Gasteiger partial charge is 0.349 e. The Morgan fingerprint density at radius 1 is 1.09 bits per heavy atom. The molecule has 2 aromatic heterocycles. The van der Waals surface area contributed by atoms with E-state index in [1.165, 1.54) is 0 Å². The molecule has 0 atom stereocenters. The van der Waals surface area contributed by atoms with E-state index in [0.717, 1.165) is 24.4 Å². The molecule has 2 heterocycles. The molecule has 0 saturated carbocycles. The molecule has 0 aliphatic heterocycles. The number of rotatable bonds is 11. The predicted molar refractivity (Wildman–Crippen MR) is 129 cm³/mol. The van der Waals surface area contributed by atoms with E-state index < -0.39 is 11.6 Å². The number of esters is 1. The third-order valence-electron chi connectivity index (χ3n) is 5.44. The van der Waals surface area contributed by atoms with Gasteiger partial charge in [-0.3, -0.25) is 14.0 Å². The molecule has 0 fully saturated rings. The standard InChI is InChI=1S/C25H34N4O5/c1-7-10-19-21-22(28(6)27-19)23(30)29(20(8-2)26-21)15-16-33-17-11-13-18(14-12-17)34-25(4,5)24(31)32-9-3/h11-14H,7-10,15-16H2,1-6H3. The molecular weight excluding hydrogens is 436 g/mol. The van der Waals surface area contributed by atoms with Crippen LogP contribution in [-0.4, -0.2) is 44.1 Å². The number of ether oxygens (including phenoxy) is 3. The van der Waals surface area contributed by atoms with E-state index >= 15 is 0 Å². The summed E-state index contributed by atoms with van der Waals surface area (Å²) < 4.78 is 20.0. The molecule has 184 valence electrons. The van der Waals surface area contributed by atoms with Gasteiger partial charge in [0.25, 0.3) is 5.56 Å². The second kappa shape index (κ2) is 10.7. The van der Waals surface area contributed by atoms with Crippen LogP contribution in [0.15, 0.2) is 29.1 Å². The normalized spacial score (nSPS) is 11.6. The number of nitrogens with zero attached hydrogens (tertiary/aromatic N) is 4. The summed E-state index contributed by atoms with van der Waals surface area (Å²) in [6, 6.07) is 7.00. The molecule has 1 aromatic carbocycles. The lowest BCUT2D eigenvalue weighted by atomic mass is 10.1. The van der Waals surface area contributed by atoms with Gasteiger partial charge < -0.3 is 14.2 Å². The minimum Gasteiger partial charge on any atom is -0.492 e. The molecule has 9 heteroatoms. The first-order chi connectivity index (χ1) is 16.2. The van der Waals surface area contributed by atoms with Crippen LogP contribution in [0.2, 0.25) is 0 Å². The Bertz CT molecular complexity index is 1190. The number of carbonyl (C=O) groups excluding carboxylic acids is 1. The summed E-state index contributed by atoms with van der Waals surface area (Å²) in [4.78, 5) is 30.0. The van der Waals surface area contributed by atoms with Crippen molar-refractivity contribution in [2.45, 2.75) is 66.0 Å². The fourth-order valence-electron chi connectivity index (χ4n) is 3.77. The molecule has 0 aliphatic carbocycles. The minimum absolute atomic E-state index is 0.104. The highest BCUT2D eigenvalue weighted by Gasteiger charge is 2.31. The second-order valence-electron chi connectivity index (χ2n) is 8.51. The highest BCUT2D eigenvalue weighted by molar-refractivity contribution is 5.79. The van der Waals surface area contributed by atoms with Gasteiger partial charge in [-0.2, -0.15) is 5.10 Å². The molecule has 0 aliphatic rings. The van der Waals surface area contributed by atoms with Crippen molar-refractivity contribution in [3.63, 3.8) is 0 Å². The van der Waals surface area contributed by atoms with Crippen LogP contribution in [0, 0.1) is 0 Å². The van der Waals surface area contributed by atoms with Crippen LogP contribution in [0.25, 0.3) is 11.0 Å².